The monoisotopic (exact) mass is 314 g/mol. The average Bonchev–Trinajstić information content (AvgIpc) is 3.25. The van der Waals surface area contributed by atoms with E-state index < -0.39 is 0 Å². The number of para-hydroxylation sites is 1. The lowest BCUT2D eigenvalue weighted by molar-refractivity contribution is 0.639. The summed E-state index contributed by atoms with van der Waals surface area (Å²) in [5.41, 5.74) is 5.55. The summed E-state index contributed by atoms with van der Waals surface area (Å²) in [6, 6.07) is 17.7. The quantitative estimate of drug-likeness (QED) is 0.885. The van der Waals surface area contributed by atoms with Crippen LogP contribution in [0.15, 0.2) is 48.5 Å². The zero-order valence-corrected chi connectivity index (χ0v) is 13.6. The molecular formula is C19H23ClN2. The lowest BCUT2D eigenvalue weighted by Gasteiger charge is -2.20. The number of hydrogen-bond donors (Lipinski definition) is 1. The summed E-state index contributed by atoms with van der Waals surface area (Å²) in [6.45, 7) is 3.26. The van der Waals surface area contributed by atoms with Crippen LogP contribution in [0.25, 0.3) is 0 Å². The van der Waals surface area contributed by atoms with E-state index in [1.165, 1.54) is 41.9 Å². The highest BCUT2D eigenvalue weighted by Gasteiger charge is 2.21. The highest BCUT2D eigenvalue weighted by molar-refractivity contribution is 5.85. The maximum Gasteiger partial charge on any atom is 0.0444 e. The van der Waals surface area contributed by atoms with Crippen molar-refractivity contribution < 1.29 is 0 Å². The van der Waals surface area contributed by atoms with E-state index in [0.29, 0.717) is 0 Å². The van der Waals surface area contributed by atoms with E-state index >= 15 is 0 Å². The van der Waals surface area contributed by atoms with Gasteiger partial charge in [0.1, 0.15) is 0 Å². The summed E-state index contributed by atoms with van der Waals surface area (Å²) in [7, 11) is 0. The van der Waals surface area contributed by atoms with Crippen LogP contribution < -0.4 is 10.2 Å². The molecule has 0 saturated heterocycles. The van der Waals surface area contributed by atoms with Gasteiger partial charge in [-0.3, -0.25) is 0 Å². The Morgan fingerprint density at radius 3 is 2.77 bits per heavy atom. The Kier molecular flexibility index (Phi) is 4.70. The molecule has 2 nitrogen and oxygen atoms in total. The highest BCUT2D eigenvalue weighted by atomic mass is 35.5. The lowest BCUT2D eigenvalue weighted by Crippen LogP contribution is -2.17. The third kappa shape index (κ3) is 3.29. The molecule has 1 fully saturated rings. The minimum Gasteiger partial charge on any atom is -0.341 e. The van der Waals surface area contributed by atoms with Crippen LogP contribution >= 0.6 is 12.4 Å². The molecule has 2 aromatic carbocycles. The van der Waals surface area contributed by atoms with E-state index in [1.807, 2.05) is 0 Å². The molecule has 1 aliphatic heterocycles. The Balaban J connectivity index is 0.00000144. The Hall–Kier alpha value is -1.51. The molecule has 2 aromatic rings. The smallest absolute Gasteiger partial charge is 0.0444 e. The molecule has 1 N–H and O–H groups in total. The van der Waals surface area contributed by atoms with Crippen LogP contribution in [0.2, 0.25) is 0 Å². The molecule has 1 saturated carbocycles. The van der Waals surface area contributed by atoms with Crippen molar-refractivity contribution in [3.05, 3.63) is 59.7 Å². The van der Waals surface area contributed by atoms with Crippen molar-refractivity contribution in [2.24, 2.45) is 5.92 Å². The number of fused-ring (bicyclic) bond motifs is 1. The van der Waals surface area contributed by atoms with Gasteiger partial charge in [-0.05, 0) is 61.1 Å². The van der Waals surface area contributed by atoms with E-state index in [1.54, 1.807) is 0 Å². The van der Waals surface area contributed by atoms with Crippen LogP contribution in [0, 0.1) is 5.92 Å². The van der Waals surface area contributed by atoms with Crippen LogP contribution in [-0.2, 0) is 13.0 Å². The largest absolute Gasteiger partial charge is 0.341 e. The number of nitrogens with zero attached hydrogens (tertiary/aromatic N) is 1. The second-order valence-electron chi connectivity index (χ2n) is 6.27. The van der Waals surface area contributed by atoms with Crippen LogP contribution in [0.1, 0.15) is 24.0 Å². The zero-order valence-electron chi connectivity index (χ0n) is 12.8. The van der Waals surface area contributed by atoms with Crippen molar-refractivity contribution >= 4 is 23.8 Å². The molecule has 4 rings (SSSR count). The molecule has 3 heteroatoms. The van der Waals surface area contributed by atoms with Crippen LogP contribution in [0.3, 0.4) is 0 Å². The summed E-state index contributed by atoms with van der Waals surface area (Å²) in [5.74, 6) is 0.943. The highest BCUT2D eigenvalue weighted by Crippen LogP contribution is 2.34. The van der Waals surface area contributed by atoms with Crippen molar-refractivity contribution in [3.8, 4) is 0 Å². The summed E-state index contributed by atoms with van der Waals surface area (Å²) < 4.78 is 0. The van der Waals surface area contributed by atoms with E-state index in [4.69, 9.17) is 0 Å². The van der Waals surface area contributed by atoms with E-state index in [-0.39, 0.29) is 12.4 Å². The fourth-order valence-corrected chi connectivity index (χ4v) is 3.18. The first-order valence-electron chi connectivity index (χ1n) is 8.05. The average molecular weight is 315 g/mol. The van der Waals surface area contributed by atoms with E-state index in [9.17, 15) is 0 Å². The SMILES string of the molecule is Cl.c1cc(CNCC2CC2)cc(N2CCc3ccccc32)c1. The van der Waals surface area contributed by atoms with Crippen molar-refractivity contribution in [2.45, 2.75) is 25.8 Å². The molecule has 0 radical (unpaired) electrons. The zero-order chi connectivity index (χ0) is 14.1. The Bertz CT molecular complexity index is 637. The van der Waals surface area contributed by atoms with Gasteiger partial charge in [0.05, 0.1) is 0 Å². The maximum absolute atomic E-state index is 3.58. The summed E-state index contributed by atoms with van der Waals surface area (Å²) in [5, 5.41) is 3.58. The van der Waals surface area contributed by atoms with Gasteiger partial charge in [0.25, 0.3) is 0 Å². The summed E-state index contributed by atoms with van der Waals surface area (Å²) in [4.78, 5) is 2.44. The maximum atomic E-state index is 3.58. The Labute approximate surface area is 138 Å². The first-order chi connectivity index (χ1) is 10.4. The minimum atomic E-state index is 0. The molecule has 0 spiro atoms. The number of rotatable bonds is 5. The predicted molar refractivity (Wildman–Crippen MR) is 95.3 cm³/mol. The molecule has 0 aromatic heterocycles. The van der Waals surface area contributed by atoms with Crippen LogP contribution in [-0.4, -0.2) is 13.1 Å². The second kappa shape index (κ2) is 6.72. The Morgan fingerprint density at radius 1 is 1.05 bits per heavy atom. The molecule has 2 aliphatic rings. The van der Waals surface area contributed by atoms with Gasteiger partial charge in [-0.1, -0.05) is 30.3 Å². The van der Waals surface area contributed by atoms with E-state index in [2.05, 4.69) is 58.7 Å². The van der Waals surface area contributed by atoms with Crippen LogP contribution in [0.4, 0.5) is 11.4 Å². The molecule has 116 valence electrons. The first-order valence-corrected chi connectivity index (χ1v) is 8.05. The molecular weight excluding hydrogens is 292 g/mol. The first kappa shape index (κ1) is 15.4. The van der Waals surface area contributed by atoms with E-state index in [0.717, 1.165) is 25.4 Å². The third-order valence-corrected chi connectivity index (χ3v) is 4.57. The number of anilines is 2. The van der Waals surface area contributed by atoms with Gasteiger partial charge in [-0.15, -0.1) is 12.4 Å². The van der Waals surface area contributed by atoms with Gasteiger partial charge in [0.15, 0.2) is 0 Å². The number of halogens is 1. The lowest BCUT2D eigenvalue weighted by atomic mass is 10.1. The molecule has 1 heterocycles. The molecule has 22 heavy (non-hydrogen) atoms. The topological polar surface area (TPSA) is 15.3 Å². The predicted octanol–water partition coefficient (Wildman–Crippen LogP) is 4.30. The molecule has 0 unspecified atom stereocenters. The van der Waals surface area contributed by atoms with Gasteiger partial charge in [-0.2, -0.15) is 0 Å². The van der Waals surface area contributed by atoms with Crippen molar-refractivity contribution in [1.82, 2.24) is 5.32 Å². The fraction of sp³-hybridized carbons (Fsp3) is 0.368. The fourth-order valence-electron chi connectivity index (χ4n) is 3.18. The summed E-state index contributed by atoms with van der Waals surface area (Å²) in [6.07, 6.45) is 3.98. The summed E-state index contributed by atoms with van der Waals surface area (Å²) >= 11 is 0. The molecule has 1 aliphatic carbocycles. The van der Waals surface area contributed by atoms with Gasteiger partial charge < -0.3 is 10.2 Å². The normalized spacial score (nSPS) is 16.3. The van der Waals surface area contributed by atoms with Gasteiger partial charge >= 0.3 is 0 Å². The van der Waals surface area contributed by atoms with Crippen molar-refractivity contribution in [3.63, 3.8) is 0 Å². The standard InChI is InChI=1S/C19H22N2.ClH/c1-2-7-19-17(5-1)10-11-21(19)18-6-3-4-16(12-18)14-20-13-15-8-9-15;/h1-7,12,15,20H,8-11,13-14H2;1H. The van der Waals surface area contributed by atoms with Gasteiger partial charge in [-0.25, -0.2) is 0 Å². The number of nitrogens with one attached hydrogen (secondary N) is 1. The third-order valence-electron chi connectivity index (χ3n) is 4.57. The van der Waals surface area contributed by atoms with Gasteiger partial charge in [0, 0.05) is 24.5 Å². The van der Waals surface area contributed by atoms with Crippen molar-refractivity contribution in [1.29, 1.82) is 0 Å². The molecule has 0 bridgehead atoms. The van der Waals surface area contributed by atoms with Gasteiger partial charge in [0.2, 0.25) is 0 Å². The Morgan fingerprint density at radius 2 is 1.91 bits per heavy atom. The van der Waals surface area contributed by atoms with Crippen molar-refractivity contribution in [2.75, 3.05) is 18.0 Å². The van der Waals surface area contributed by atoms with Crippen LogP contribution in [0.5, 0.6) is 0 Å². The molecule has 0 atom stereocenters. The number of hydrogen-bond acceptors (Lipinski definition) is 2. The minimum absolute atomic E-state index is 0. The number of benzene rings is 2. The molecule has 0 amide bonds. The second-order valence-corrected chi connectivity index (χ2v) is 6.27.